The highest BCUT2D eigenvalue weighted by molar-refractivity contribution is 7.98. The number of nitrogens with zero attached hydrogens (tertiary/aromatic N) is 1. The Hall–Kier alpha value is -2.62. The first kappa shape index (κ1) is 24.0. The van der Waals surface area contributed by atoms with Gasteiger partial charge in [-0.15, -0.1) is 0 Å². The fraction of sp³-hybridized carbons (Fsp3) is 0.227. The van der Waals surface area contributed by atoms with Crippen LogP contribution in [0.25, 0.3) is 0 Å². The summed E-state index contributed by atoms with van der Waals surface area (Å²) in [5, 5.41) is 3.09. The number of thioether (sulfide) groups is 1. The van der Waals surface area contributed by atoms with E-state index < -0.39 is 22.5 Å². The number of carbonyl (C=O) groups excluding carboxylic acids is 1. The molecule has 0 aliphatic heterocycles. The predicted molar refractivity (Wildman–Crippen MR) is 127 cm³/mol. The lowest BCUT2D eigenvalue weighted by atomic mass is 10.3. The smallest absolute Gasteiger partial charge is 0.264 e. The van der Waals surface area contributed by atoms with Crippen LogP contribution in [0.15, 0.2) is 76.2 Å². The fourth-order valence-electron chi connectivity index (χ4n) is 2.89. The van der Waals surface area contributed by atoms with E-state index in [1.807, 2.05) is 12.1 Å². The normalized spacial score (nSPS) is 11.2. The highest BCUT2D eigenvalue weighted by Gasteiger charge is 2.29. The summed E-state index contributed by atoms with van der Waals surface area (Å²) in [6.45, 7) is -0.0348. The molecule has 0 radical (unpaired) electrons. The van der Waals surface area contributed by atoms with Gasteiger partial charge in [-0.25, -0.2) is 8.42 Å². The Morgan fingerprint density at radius 2 is 1.94 bits per heavy atom. The molecule has 0 atom stereocenters. The van der Waals surface area contributed by atoms with Gasteiger partial charge in [-0.1, -0.05) is 29.8 Å². The predicted octanol–water partition coefficient (Wildman–Crippen LogP) is 4.19. The number of hydrogen-bond donors (Lipinski definition) is 1. The van der Waals surface area contributed by atoms with Crippen molar-refractivity contribution < 1.29 is 22.4 Å². The van der Waals surface area contributed by atoms with Crippen molar-refractivity contribution >= 4 is 45.0 Å². The fourth-order valence-corrected chi connectivity index (χ4v) is 5.26. The van der Waals surface area contributed by atoms with Gasteiger partial charge in [0.1, 0.15) is 18.1 Å². The summed E-state index contributed by atoms with van der Waals surface area (Å²) in [6.07, 6.45) is 1.61. The SMILES string of the molecule is COc1ccc(Cl)cc1N(CC(=O)NCCSCc1ccco1)S(=O)(=O)c1ccccc1. The van der Waals surface area contributed by atoms with E-state index in [9.17, 15) is 13.2 Å². The minimum atomic E-state index is -4.05. The van der Waals surface area contributed by atoms with Crippen LogP contribution in [0, 0.1) is 0 Å². The van der Waals surface area contributed by atoms with Gasteiger partial charge >= 0.3 is 0 Å². The molecule has 0 saturated heterocycles. The second kappa shape index (κ2) is 11.3. The van der Waals surface area contributed by atoms with Crippen LogP contribution in [-0.2, 0) is 20.6 Å². The molecule has 1 aromatic heterocycles. The van der Waals surface area contributed by atoms with Gasteiger partial charge in [-0.2, -0.15) is 11.8 Å². The minimum Gasteiger partial charge on any atom is -0.495 e. The Morgan fingerprint density at radius 3 is 2.62 bits per heavy atom. The molecule has 0 saturated carbocycles. The van der Waals surface area contributed by atoms with Crippen molar-refractivity contribution in [2.45, 2.75) is 10.6 Å². The van der Waals surface area contributed by atoms with Crippen LogP contribution < -0.4 is 14.4 Å². The molecule has 0 unspecified atom stereocenters. The maximum atomic E-state index is 13.4. The van der Waals surface area contributed by atoms with Crippen LogP contribution in [0.4, 0.5) is 5.69 Å². The molecule has 0 spiro atoms. The van der Waals surface area contributed by atoms with Crippen LogP contribution >= 0.6 is 23.4 Å². The molecule has 1 amide bonds. The van der Waals surface area contributed by atoms with E-state index in [1.165, 1.54) is 25.3 Å². The first-order chi connectivity index (χ1) is 15.4. The van der Waals surface area contributed by atoms with Crippen LogP contribution in [0.1, 0.15) is 5.76 Å². The summed E-state index contributed by atoms with van der Waals surface area (Å²) in [4.78, 5) is 12.7. The second-order valence-electron chi connectivity index (χ2n) is 6.62. The van der Waals surface area contributed by atoms with E-state index in [-0.39, 0.29) is 16.3 Å². The summed E-state index contributed by atoms with van der Waals surface area (Å²) in [6, 6.07) is 16.2. The number of rotatable bonds is 11. The van der Waals surface area contributed by atoms with Crippen LogP contribution in [-0.4, -0.2) is 40.3 Å². The highest BCUT2D eigenvalue weighted by atomic mass is 35.5. The van der Waals surface area contributed by atoms with Gasteiger partial charge in [0.2, 0.25) is 5.91 Å². The number of anilines is 1. The summed E-state index contributed by atoms with van der Waals surface area (Å²) < 4.78 is 38.4. The second-order valence-corrected chi connectivity index (χ2v) is 10.0. The Morgan fingerprint density at radius 1 is 1.16 bits per heavy atom. The molecule has 3 rings (SSSR count). The quantitative estimate of drug-likeness (QED) is 0.402. The monoisotopic (exact) mass is 494 g/mol. The van der Waals surface area contributed by atoms with Crippen molar-refractivity contribution in [1.82, 2.24) is 5.32 Å². The van der Waals surface area contributed by atoms with E-state index in [4.69, 9.17) is 20.8 Å². The lowest BCUT2D eigenvalue weighted by Gasteiger charge is -2.25. The molecule has 2 aromatic carbocycles. The van der Waals surface area contributed by atoms with Gasteiger partial charge in [0.15, 0.2) is 0 Å². The van der Waals surface area contributed by atoms with Crippen molar-refractivity contribution in [3.05, 3.63) is 77.7 Å². The number of methoxy groups -OCH3 is 1. The van der Waals surface area contributed by atoms with E-state index in [1.54, 1.807) is 48.4 Å². The third-order valence-electron chi connectivity index (χ3n) is 4.42. The van der Waals surface area contributed by atoms with E-state index in [2.05, 4.69) is 5.32 Å². The Kier molecular flexibility index (Phi) is 8.49. The van der Waals surface area contributed by atoms with Gasteiger partial charge in [-0.05, 0) is 42.5 Å². The maximum absolute atomic E-state index is 13.4. The molecular formula is C22H23ClN2O5S2. The van der Waals surface area contributed by atoms with Crippen molar-refractivity contribution in [3.63, 3.8) is 0 Å². The molecule has 10 heteroatoms. The van der Waals surface area contributed by atoms with Gasteiger partial charge in [0.25, 0.3) is 10.0 Å². The lowest BCUT2D eigenvalue weighted by molar-refractivity contribution is -0.119. The first-order valence-corrected chi connectivity index (χ1v) is 12.7. The van der Waals surface area contributed by atoms with Crippen LogP contribution in [0.5, 0.6) is 5.75 Å². The molecule has 3 aromatic rings. The van der Waals surface area contributed by atoms with Crippen molar-refractivity contribution in [1.29, 1.82) is 0 Å². The topological polar surface area (TPSA) is 88.8 Å². The van der Waals surface area contributed by atoms with Crippen molar-refractivity contribution in [3.8, 4) is 5.75 Å². The standard InChI is InChI=1S/C22H23ClN2O5S2/c1-29-21-10-9-17(23)14-20(21)25(32(27,28)19-7-3-2-4-8-19)15-22(26)24-11-13-31-16-18-6-5-12-30-18/h2-10,12,14H,11,13,15-16H2,1H3,(H,24,26). The number of sulfonamides is 1. The van der Waals surface area contributed by atoms with Crippen molar-refractivity contribution in [2.75, 3.05) is 30.3 Å². The maximum Gasteiger partial charge on any atom is 0.264 e. The zero-order valence-electron chi connectivity index (χ0n) is 17.4. The molecule has 1 N–H and O–H groups in total. The number of amides is 1. The summed E-state index contributed by atoms with van der Waals surface area (Å²) in [5.74, 6) is 2.05. The van der Waals surface area contributed by atoms with Gasteiger partial charge in [-0.3, -0.25) is 9.10 Å². The number of carbonyl (C=O) groups is 1. The summed E-state index contributed by atoms with van der Waals surface area (Å²) >= 11 is 7.72. The third-order valence-corrected chi connectivity index (χ3v) is 7.41. The Labute approximate surface area is 196 Å². The lowest BCUT2D eigenvalue weighted by Crippen LogP contribution is -2.41. The molecule has 0 aliphatic carbocycles. The third kappa shape index (κ3) is 6.21. The summed E-state index contributed by atoms with van der Waals surface area (Å²) in [5.41, 5.74) is 0.186. The molecule has 0 fully saturated rings. The zero-order valence-corrected chi connectivity index (χ0v) is 19.8. The van der Waals surface area contributed by atoms with Crippen LogP contribution in [0.2, 0.25) is 5.02 Å². The van der Waals surface area contributed by atoms with Crippen molar-refractivity contribution in [2.24, 2.45) is 0 Å². The molecule has 170 valence electrons. The highest BCUT2D eigenvalue weighted by Crippen LogP contribution is 2.34. The number of hydrogen-bond acceptors (Lipinski definition) is 6. The molecule has 0 bridgehead atoms. The number of halogens is 1. The molecule has 7 nitrogen and oxygen atoms in total. The minimum absolute atomic E-state index is 0.0591. The average molecular weight is 495 g/mol. The summed E-state index contributed by atoms with van der Waals surface area (Å²) in [7, 11) is -2.62. The molecule has 1 heterocycles. The Bertz CT molecular complexity index is 1120. The number of furan rings is 1. The Balaban J connectivity index is 1.74. The van der Waals surface area contributed by atoms with Crippen LogP contribution in [0.3, 0.4) is 0 Å². The van der Waals surface area contributed by atoms with Gasteiger partial charge < -0.3 is 14.5 Å². The largest absolute Gasteiger partial charge is 0.495 e. The van der Waals surface area contributed by atoms with E-state index in [0.717, 1.165) is 10.1 Å². The zero-order chi connectivity index (χ0) is 23.0. The van der Waals surface area contributed by atoms with E-state index in [0.29, 0.717) is 23.1 Å². The first-order valence-electron chi connectivity index (χ1n) is 9.70. The van der Waals surface area contributed by atoms with E-state index >= 15 is 0 Å². The molecule has 0 aliphatic rings. The number of benzene rings is 2. The molecule has 32 heavy (non-hydrogen) atoms. The van der Waals surface area contributed by atoms with Gasteiger partial charge in [0, 0.05) is 17.3 Å². The van der Waals surface area contributed by atoms with Gasteiger partial charge in [0.05, 0.1) is 29.7 Å². The molecular weight excluding hydrogens is 472 g/mol. The number of nitrogens with one attached hydrogen (secondary N) is 1. The average Bonchev–Trinajstić information content (AvgIpc) is 3.31. The number of ether oxygens (including phenoxy) is 1.